The van der Waals surface area contributed by atoms with Gasteiger partial charge >= 0.3 is 0 Å². The molecular formula is C16H23N3. The van der Waals surface area contributed by atoms with Gasteiger partial charge in [-0.25, -0.2) is 0 Å². The van der Waals surface area contributed by atoms with Crippen molar-refractivity contribution in [2.45, 2.75) is 39.7 Å². The summed E-state index contributed by atoms with van der Waals surface area (Å²) in [5.41, 5.74) is 10.6. The highest BCUT2D eigenvalue weighted by atomic mass is 15.3. The van der Waals surface area contributed by atoms with Crippen LogP contribution in [0.25, 0.3) is 11.1 Å². The van der Waals surface area contributed by atoms with Crippen molar-refractivity contribution in [1.82, 2.24) is 9.78 Å². The van der Waals surface area contributed by atoms with Crippen molar-refractivity contribution >= 4 is 0 Å². The average molecular weight is 257 g/mol. The Bertz CT molecular complexity index is 544. The predicted molar refractivity (Wildman–Crippen MR) is 80.2 cm³/mol. The zero-order valence-corrected chi connectivity index (χ0v) is 12.3. The van der Waals surface area contributed by atoms with E-state index in [-0.39, 0.29) is 5.41 Å². The summed E-state index contributed by atoms with van der Waals surface area (Å²) in [6.07, 6.45) is 2.08. The van der Waals surface area contributed by atoms with Crippen molar-refractivity contribution in [3.05, 3.63) is 41.7 Å². The highest BCUT2D eigenvalue weighted by molar-refractivity contribution is 5.65. The largest absolute Gasteiger partial charge is 0.329 e. The second kappa shape index (κ2) is 5.17. The Morgan fingerprint density at radius 3 is 2.32 bits per heavy atom. The molecule has 2 aromatic rings. The molecule has 1 heterocycles. The summed E-state index contributed by atoms with van der Waals surface area (Å²) in [5.74, 6) is 0. The first kappa shape index (κ1) is 13.8. The minimum Gasteiger partial charge on any atom is -0.329 e. The van der Waals surface area contributed by atoms with Crippen LogP contribution in [0.4, 0.5) is 0 Å². The zero-order chi connectivity index (χ0) is 14.0. The van der Waals surface area contributed by atoms with Crippen molar-refractivity contribution < 1.29 is 0 Å². The number of hydrogen-bond acceptors (Lipinski definition) is 2. The molecule has 3 nitrogen and oxygen atoms in total. The molecule has 2 rings (SSSR count). The van der Waals surface area contributed by atoms with Crippen LogP contribution in [0.15, 0.2) is 30.5 Å². The van der Waals surface area contributed by atoms with E-state index in [1.807, 2.05) is 11.6 Å². The molecule has 1 aromatic carbocycles. The Labute approximate surface area is 115 Å². The van der Waals surface area contributed by atoms with Gasteiger partial charge in [-0.15, -0.1) is 0 Å². The fourth-order valence-corrected chi connectivity index (χ4v) is 2.20. The Morgan fingerprint density at radius 1 is 1.16 bits per heavy atom. The number of benzene rings is 1. The molecule has 0 amide bonds. The van der Waals surface area contributed by atoms with Crippen molar-refractivity contribution in [2.75, 3.05) is 6.54 Å². The van der Waals surface area contributed by atoms with Gasteiger partial charge in [0.1, 0.15) is 0 Å². The highest BCUT2D eigenvalue weighted by Crippen LogP contribution is 2.27. The van der Waals surface area contributed by atoms with Crippen LogP contribution in [0.1, 0.15) is 32.0 Å². The lowest BCUT2D eigenvalue weighted by molar-refractivity contribution is 0.590. The normalized spacial score (nSPS) is 11.8. The van der Waals surface area contributed by atoms with Gasteiger partial charge in [0.25, 0.3) is 0 Å². The van der Waals surface area contributed by atoms with Crippen molar-refractivity contribution in [3.63, 3.8) is 0 Å². The van der Waals surface area contributed by atoms with Crippen LogP contribution in [0.5, 0.6) is 0 Å². The highest BCUT2D eigenvalue weighted by Gasteiger charge is 2.14. The van der Waals surface area contributed by atoms with E-state index in [2.05, 4.69) is 56.3 Å². The number of rotatable bonds is 3. The van der Waals surface area contributed by atoms with E-state index in [1.165, 1.54) is 16.7 Å². The predicted octanol–water partition coefficient (Wildman–Crippen LogP) is 3.11. The van der Waals surface area contributed by atoms with Crippen molar-refractivity contribution in [3.8, 4) is 11.1 Å². The fourth-order valence-electron chi connectivity index (χ4n) is 2.20. The van der Waals surface area contributed by atoms with Crippen LogP contribution in [-0.4, -0.2) is 16.3 Å². The molecule has 0 unspecified atom stereocenters. The van der Waals surface area contributed by atoms with Gasteiger partial charge < -0.3 is 5.73 Å². The van der Waals surface area contributed by atoms with Crippen LogP contribution < -0.4 is 5.73 Å². The third-order valence-electron chi connectivity index (χ3n) is 3.37. The maximum atomic E-state index is 5.57. The molecule has 102 valence electrons. The van der Waals surface area contributed by atoms with Crippen LogP contribution in [0.3, 0.4) is 0 Å². The average Bonchev–Trinajstić information content (AvgIpc) is 2.70. The van der Waals surface area contributed by atoms with E-state index in [0.29, 0.717) is 6.54 Å². The van der Waals surface area contributed by atoms with E-state index >= 15 is 0 Å². The number of aryl methyl sites for hydroxylation is 1. The summed E-state index contributed by atoms with van der Waals surface area (Å²) >= 11 is 0. The topological polar surface area (TPSA) is 43.8 Å². The lowest BCUT2D eigenvalue weighted by Crippen LogP contribution is -2.10. The quantitative estimate of drug-likeness (QED) is 0.918. The molecule has 3 heteroatoms. The summed E-state index contributed by atoms with van der Waals surface area (Å²) in [5, 5.41) is 4.48. The molecule has 0 spiro atoms. The Balaban J connectivity index is 2.32. The summed E-state index contributed by atoms with van der Waals surface area (Å²) in [6.45, 7) is 10.1. The van der Waals surface area contributed by atoms with E-state index in [4.69, 9.17) is 5.73 Å². The molecule has 0 saturated carbocycles. The van der Waals surface area contributed by atoms with Gasteiger partial charge in [-0.3, -0.25) is 4.68 Å². The van der Waals surface area contributed by atoms with Gasteiger partial charge in [0, 0.05) is 18.3 Å². The van der Waals surface area contributed by atoms with Gasteiger partial charge in [0.15, 0.2) is 0 Å². The number of aromatic nitrogens is 2. The summed E-state index contributed by atoms with van der Waals surface area (Å²) in [7, 11) is 0. The molecule has 19 heavy (non-hydrogen) atoms. The molecule has 1 aromatic heterocycles. The molecule has 0 aliphatic carbocycles. The summed E-state index contributed by atoms with van der Waals surface area (Å²) in [6, 6.07) is 8.76. The van der Waals surface area contributed by atoms with Gasteiger partial charge in [-0.1, -0.05) is 45.0 Å². The Hall–Kier alpha value is -1.61. The Morgan fingerprint density at radius 2 is 1.79 bits per heavy atom. The molecule has 2 N–H and O–H groups in total. The van der Waals surface area contributed by atoms with E-state index in [9.17, 15) is 0 Å². The molecule has 0 aliphatic rings. The fraction of sp³-hybridized carbons (Fsp3) is 0.438. The molecule has 0 fully saturated rings. The maximum absolute atomic E-state index is 5.57. The first-order valence-corrected chi connectivity index (χ1v) is 6.77. The zero-order valence-electron chi connectivity index (χ0n) is 12.3. The van der Waals surface area contributed by atoms with Gasteiger partial charge in [0.05, 0.1) is 12.2 Å². The smallest absolute Gasteiger partial charge is 0.0672 e. The number of nitrogens with two attached hydrogens (primary N) is 1. The van der Waals surface area contributed by atoms with Gasteiger partial charge in [-0.05, 0) is 23.5 Å². The van der Waals surface area contributed by atoms with E-state index in [0.717, 1.165) is 12.2 Å². The SMILES string of the molecule is Cc1nn(CCN)cc1-c1ccc(C(C)(C)C)cc1. The van der Waals surface area contributed by atoms with E-state index < -0.39 is 0 Å². The summed E-state index contributed by atoms with van der Waals surface area (Å²) in [4.78, 5) is 0. The maximum Gasteiger partial charge on any atom is 0.0672 e. The first-order valence-electron chi connectivity index (χ1n) is 6.77. The van der Waals surface area contributed by atoms with Crippen LogP contribution in [-0.2, 0) is 12.0 Å². The van der Waals surface area contributed by atoms with Crippen LogP contribution in [0, 0.1) is 6.92 Å². The number of hydrogen-bond donors (Lipinski definition) is 1. The molecule has 0 saturated heterocycles. The molecular weight excluding hydrogens is 234 g/mol. The molecule has 0 radical (unpaired) electrons. The first-order chi connectivity index (χ1) is 8.91. The molecule has 0 bridgehead atoms. The van der Waals surface area contributed by atoms with Crippen molar-refractivity contribution in [1.29, 1.82) is 0 Å². The van der Waals surface area contributed by atoms with Crippen LogP contribution in [0.2, 0.25) is 0 Å². The third-order valence-corrected chi connectivity index (χ3v) is 3.37. The number of nitrogens with zero attached hydrogens (tertiary/aromatic N) is 2. The van der Waals surface area contributed by atoms with Gasteiger partial charge in [0.2, 0.25) is 0 Å². The minimum atomic E-state index is 0.192. The lowest BCUT2D eigenvalue weighted by atomic mass is 9.86. The second-order valence-electron chi connectivity index (χ2n) is 6.01. The second-order valence-corrected chi connectivity index (χ2v) is 6.01. The van der Waals surface area contributed by atoms with Crippen LogP contribution >= 0.6 is 0 Å². The summed E-state index contributed by atoms with van der Waals surface area (Å²) < 4.78 is 1.92. The minimum absolute atomic E-state index is 0.192. The van der Waals surface area contributed by atoms with Gasteiger partial charge in [-0.2, -0.15) is 5.10 Å². The van der Waals surface area contributed by atoms with E-state index in [1.54, 1.807) is 0 Å². The standard InChI is InChI=1S/C16H23N3/c1-12-15(11-19(18-12)10-9-17)13-5-7-14(8-6-13)16(2,3)4/h5-8,11H,9-10,17H2,1-4H3. The molecule has 0 aliphatic heterocycles. The third kappa shape index (κ3) is 3.04. The monoisotopic (exact) mass is 257 g/mol. The van der Waals surface area contributed by atoms with Crippen molar-refractivity contribution in [2.24, 2.45) is 5.73 Å². The Kier molecular flexibility index (Phi) is 3.76. The lowest BCUT2D eigenvalue weighted by Gasteiger charge is -2.19. The molecule has 0 atom stereocenters.